The molecule has 1 heterocycles. The van der Waals surface area contributed by atoms with Crippen LogP contribution in [0.1, 0.15) is 53.5 Å². The number of rotatable bonds is 8. The number of likely N-dealkylation sites (tertiary alicyclic amines) is 1. The molecule has 3 aromatic carbocycles. The van der Waals surface area contributed by atoms with Gasteiger partial charge in [0.15, 0.2) is 0 Å². The van der Waals surface area contributed by atoms with Gasteiger partial charge in [-0.3, -0.25) is 19.3 Å². The first-order valence-electron chi connectivity index (χ1n) is 13.1. The summed E-state index contributed by atoms with van der Waals surface area (Å²) in [5, 5.41) is 0. The maximum absolute atomic E-state index is 13.8. The number of hydrogen-bond donors (Lipinski definition) is 0. The van der Waals surface area contributed by atoms with E-state index in [9.17, 15) is 14.4 Å². The van der Waals surface area contributed by atoms with Gasteiger partial charge >= 0.3 is 5.97 Å². The van der Waals surface area contributed by atoms with Crippen LogP contribution in [0.4, 0.5) is 0 Å². The van der Waals surface area contributed by atoms with Gasteiger partial charge in [0.2, 0.25) is 11.8 Å². The minimum atomic E-state index is -1.16. The van der Waals surface area contributed by atoms with Crippen LogP contribution in [0.3, 0.4) is 0 Å². The highest BCUT2D eigenvalue weighted by molar-refractivity contribution is 9.10. The quantitative estimate of drug-likeness (QED) is 0.122. The molecule has 8 heteroatoms. The van der Waals surface area contributed by atoms with Gasteiger partial charge < -0.3 is 4.74 Å². The molecular weight excluding hydrogens is 601 g/mol. The molecule has 0 spiro atoms. The van der Waals surface area contributed by atoms with E-state index in [4.69, 9.17) is 27.9 Å². The molecule has 4 aliphatic rings. The Kier molecular flexibility index (Phi) is 6.85. The van der Waals surface area contributed by atoms with Gasteiger partial charge in [0.1, 0.15) is 16.4 Å². The molecule has 0 aromatic heterocycles. The number of esters is 1. The van der Waals surface area contributed by atoms with Crippen molar-refractivity contribution in [3.8, 4) is 0 Å². The molecule has 0 N–H and O–H groups in total. The highest BCUT2D eigenvalue weighted by atomic mass is 79.9. The summed E-state index contributed by atoms with van der Waals surface area (Å²) >= 11 is 18.3. The fraction of sp³-hybridized carbons (Fsp3) is 0.323. The molecule has 0 unspecified atom stereocenters. The molecule has 2 atom stereocenters. The lowest BCUT2D eigenvalue weighted by atomic mass is 9.54. The second-order valence-electron chi connectivity index (χ2n) is 10.4. The number of nitrogens with zero attached hydrogens (tertiary/aromatic N) is 1. The molecule has 1 aliphatic heterocycles. The fourth-order valence-corrected chi connectivity index (χ4v) is 7.84. The highest BCUT2D eigenvalue weighted by Gasteiger charge is 2.72. The molecule has 1 saturated heterocycles. The van der Waals surface area contributed by atoms with E-state index < -0.39 is 21.6 Å². The normalized spacial score (nSPS) is 26.3. The van der Waals surface area contributed by atoms with Crippen LogP contribution in [0.2, 0.25) is 0 Å². The average molecular weight is 627 g/mol. The molecule has 0 saturated carbocycles. The minimum Gasteiger partial charge on any atom is -0.461 e. The third-order valence-electron chi connectivity index (χ3n) is 8.25. The zero-order valence-corrected chi connectivity index (χ0v) is 24.1. The van der Waals surface area contributed by atoms with Gasteiger partial charge in [0.05, 0.1) is 11.8 Å². The van der Waals surface area contributed by atoms with E-state index in [1.54, 1.807) is 0 Å². The first-order valence-corrected chi connectivity index (χ1v) is 14.7. The van der Waals surface area contributed by atoms with E-state index in [0.29, 0.717) is 19.3 Å². The lowest BCUT2D eigenvalue weighted by Gasteiger charge is -2.54. The summed E-state index contributed by atoms with van der Waals surface area (Å²) in [6, 6.07) is 22.9. The molecule has 2 bridgehead atoms. The van der Waals surface area contributed by atoms with Crippen molar-refractivity contribution in [3.05, 3.63) is 105 Å². The van der Waals surface area contributed by atoms with Crippen molar-refractivity contribution in [3.63, 3.8) is 0 Å². The Morgan fingerprint density at radius 1 is 0.769 bits per heavy atom. The first kappa shape index (κ1) is 26.5. The summed E-state index contributed by atoms with van der Waals surface area (Å²) in [6.45, 7) is 0.502. The van der Waals surface area contributed by atoms with Crippen LogP contribution in [0, 0.1) is 11.8 Å². The SMILES string of the molecule is O=C(CCCCCN1C(=O)[C@H]2[C@H](C1=O)C1(Cl)c3ccccc3C2(Cl)c2ccccc21)OCc1ccc(Br)cc1. The number of ether oxygens (including phenoxy) is 1. The summed E-state index contributed by atoms with van der Waals surface area (Å²) in [7, 11) is 0. The molecule has 2 amide bonds. The maximum atomic E-state index is 13.8. The second kappa shape index (κ2) is 10.1. The van der Waals surface area contributed by atoms with Crippen molar-refractivity contribution in [2.75, 3.05) is 6.54 Å². The summed E-state index contributed by atoms with van der Waals surface area (Å²) < 4.78 is 6.33. The molecule has 1 fully saturated rings. The van der Waals surface area contributed by atoms with Crippen molar-refractivity contribution in [2.45, 2.75) is 42.0 Å². The van der Waals surface area contributed by atoms with Crippen LogP contribution in [-0.4, -0.2) is 29.2 Å². The van der Waals surface area contributed by atoms with Crippen LogP contribution >= 0.6 is 39.1 Å². The van der Waals surface area contributed by atoms with E-state index in [-0.39, 0.29) is 37.4 Å². The van der Waals surface area contributed by atoms with Crippen LogP contribution in [-0.2, 0) is 35.5 Å². The number of amides is 2. The molecule has 5 nitrogen and oxygen atoms in total. The van der Waals surface area contributed by atoms with Crippen molar-refractivity contribution < 1.29 is 19.1 Å². The topological polar surface area (TPSA) is 63.7 Å². The lowest BCUT2D eigenvalue weighted by Crippen LogP contribution is -2.57. The lowest BCUT2D eigenvalue weighted by molar-refractivity contribution is -0.145. The van der Waals surface area contributed by atoms with Crippen molar-refractivity contribution in [2.24, 2.45) is 11.8 Å². The van der Waals surface area contributed by atoms with E-state index in [2.05, 4.69) is 15.9 Å². The van der Waals surface area contributed by atoms with Gasteiger partial charge in [-0.25, -0.2) is 0 Å². The predicted molar refractivity (Wildman–Crippen MR) is 152 cm³/mol. The monoisotopic (exact) mass is 625 g/mol. The summed E-state index contributed by atoms with van der Waals surface area (Å²) in [5.74, 6) is -2.37. The number of benzene rings is 3. The Morgan fingerprint density at radius 2 is 1.26 bits per heavy atom. The van der Waals surface area contributed by atoms with Crippen LogP contribution in [0.5, 0.6) is 0 Å². The smallest absolute Gasteiger partial charge is 0.306 e. The summed E-state index contributed by atoms with van der Waals surface area (Å²) in [6.07, 6.45) is 2.15. The largest absolute Gasteiger partial charge is 0.461 e. The summed E-state index contributed by atoms with van der Waals surface area (Å²) in [4.78, 5) is 38.8. The number of hydrogen-bond acceptors (Lipinski definition) is 4. The Balaban J connectivity index is 1.12. The second-order valence-corrected chi connectivity index (χ2v) is 12.5. The maximum Gasteiger partial charge on any atom is 0.306 e. The Bertz CT molecular complexity index is 1350. The van der Waals surface area contributed by atoms with Gasteiger partial charge in [0, 0.05) is 17.4 Å². The van der Waals surface area contributed by atoms with Gasteiger partial charge in [-0.15, -0.1) is 23.2 Å². The molecule has 0 radical (unpaired) electrons. The van der Waals surface area contributed by atoms with E-state index in [1.807, 2.05) is 72.8 Å². The number of halogens is 3. The van der Waals surface area contributed by atoms with Crippen LogP contribution in [0.15, 0.2) is 77.3 Å². The minimum absolute atomic E-state index is 0.233. The molecule has 3 aromatic rings. The van der Waals surface area contributed by atoms with E-state index >= 15 is 0 Å². The first-order chi connectivity index (χ1) is 18.8. The summed E-state index contributed by atoms with van der Waals surface area (Å²) in [5.41, 5.74) is 4.11. The third-order valence-corrected chi connectivity index (χ3v) is 10.1. The van der Waals surface area contributed by atoms with Gasteiger partial charge in [0.25, 0.3) is 0 Å². The average Bonchev–Trinajstić information content (AvgIpc) is 3.21. The van der Waals surface area contributed by atoms with Crippen molar-refractivity contribution in [1.29, 1.82) is 0 Å². The number of imide groups is 1. The molecule has 39 heavy (non-hydrogen) atoms. The fourth-order valence-electron chi connectivity index (χ4n) is 6.48. The van der Waals surface area contributed by atoms with Crippen molar-refractivity contribution >= 4 is 56.9 Å². The number of unbranched alkanes of at least 4 members (excludes halogenated alkanes) is 2. The zero-order valence-electron chi connectivity index (χ0n) is 21.0. The third kappa shape index (κ3) is 4.06. The van der Waals surface area contributed by atoms with Crippen molar-refractivity contribution in [1.82, 2.24) is 4.90 Å². The molecule has 3 aliphatic carbocycles. The standard InChI is InChI=1S/C31H26BrCl2NO4/c32-20-15-13-19(14-16-20)18-39-25(36)12-2-1-7-17-35-28(37)26-27(29(35)38)31(34)22-9-4-3-8-21(22)30(26,33)23-10-5-6-11-24(23)31/h3-6,8-11,13-16,26-27H,1-2,7,12,17-18H2/t26-,27-,30?,31?/m1/s1. The van der Waals surface area contributed by atoms with Gasteiger partial charge in [-0.05, 0) is 52.8 Å². The Hall–Kier alpha value is -2.67. The Morgan fingerprint density at radius 3 is 1.74 bits per heavy atom. The van der Waals surface area contributed by atoms with Crippen LogP contribution in [0.25, 0.3) is 0 Å². The molecule has 7 rings (SSSR count). The highest BCUT2D eigenvalue weighted by Crippen LogP contribution is 2.69. The van der Waals surface area contributed by atoms with E-state index in [0.717, 1.165) is 32.3 Å². The zero-order chi connectivity index (χ0) is 27.4. The molecule has 200 valence electrons. The van der Waals surface area contributed by atoms with Gasteiger partial charge in [-0.2, -0.15) is 0 Å². The number of alkyl halides is 2. The van der Waals surface area contributed by atoms with Crippen LogP contribution < -0.4 is 0 Å². The number of carbonyl (C=O) groups excluding carboxylic acids is 3. The predicted octanol–water partition coefficient (Wildman–Crippen LogP) is 6.65. The van der Waals surface area contributed by atoms with Gasteiger partial charge in [-0.1, -0.05) is 83.0 Å². The van der Waals surface area contributed by atoms with E-state index in [1.165, 1.54) is 4.90 Å². The number of carbonyl (C=O) groups is 3. The molecular formula is C31H26BrCl2NO4. The Labute approximate surface area is 245 Å².